The van der Waals surface area contributed by atoms with Gasteiger partial charge in [-0.15, -0.1) is 0 Å². The predicted octanol–water partition coefficient (Wildman–Crippen LogP) is 4.41. The smallest absolute Gasteiger partial charge is 0.255 e. The van der Waals surface area contributed by atoms with Crippen LogP contribution in [0.4, 0.5) is 5.69 Å². The van der Waals surface area contributed by atoms with Crippen molar-refractivity contribution in [1.29, 1.82) is 0 Å². The molecule has 148 valence electrons. The Morgan fingerprint density at radius 2 is 1.45 bits per heavy atom. The van der Waals surface area contributed by atoms with Gasteiger partial charge in [0.05, 0.1) is 17.9 Å². The van der Waals surface area contributed by atoms with Crippen molar-refractivity contribution >= 4 is 17.5 Å². The van der Waals surface area contributed by atoms with E-state index in [2.05, 4.69) is 10.6 Å². The molecule has 0 saturated heterocycles. The lowest BCUT2D eigenvalue weighted by Crippen LogP contribution is -2.24. The molecule has 0 atom stereocenters. The Balaban J connectivity index is 1.63. The normalized spacial score (nSPS) is 10.4. The summed E-state index contributed by atoms with van der Waals surface area (Å²) in [6, 6.07) is 23.8. The topological polar surface area (TPSA) is 67.4 Å². The van der Waals surface area contributed by atoms with Crippen molar-refractivity contribution in [3.8, 4) is 0 Å². The monoisotopic (exact) mass is 388 g/mol. The minimum atomic E-state index is -0.254. The van der Waals surface area contributed by atoms with Crippen molar-refractivity contribution in [2.24, 2.45) is 0 Å². The van der Waals surface area contributed by atoms with Crippen LogP contribution in [0.25, 0.3) is 0 Å². The van der Waals surface area contributed by atoms with Crippen LogP contribution in [0.2, 0.25) is 0 Å². The van der Waals surface area contributed by atoms with Gasteiger partial charge in [0.15, 0.2) is 0 Å². The summed E-state index contributed by atoms with van der Waals surface area (Å²) in [5.74, 6) is -0.497. The summed E-state index contributed by atoms with van der Waals surface area (Å²) in [6.07, 6.45) is 0. The van der Waals surface area contributed by atoms with Crippen LogP contribution < -0.4 is 10.6 Å². The zero-order chi connectivity index (χ0) is 20.5. The number of rotatable bonds is 8. The lowest BCUT2D eigenvalue weighted by molar-refractivity contribution is 0.0951. The highest BCUT2D eigenvalue weighted by Crippen LogP contribution is 2.17. The van der Waals surface area contributed by atoms with Crippen molar-refractivity contribution in [1.82, 2.24) is 5.32 Å². The third-order valence-electron chi connectivity index (χ3n) is 4.40. The number of carbonyl (C=O) groups is 2. The number of hydrogen-bond acceptors (Lipinski definition) is 3. The van der Waals surface area contributed by atoms with E-state index in [0.29, 0.717) is 36.6 Å². The number of anilines is 1. The fourth-order valence-electron chi connectivity index (χ4n) is 2.82. The lowest BCUT2D eigenvalue weighted by atomic mass is 10.1. The second kappa shape index (κ2) is 10.2. The van der Waals surface area contributed by atoms with Crippen LogP contribution in [0.3, 0.4) is 0 Å². The average Bonchev–Trinajstić information content (AvgIpc) is 2.77. The van der Waals surface area contributed by atoms with Crippen LogP contribution in [0.15, 0.2) is 78.9 Å². The molecule has 0 aliphatic heterocycles. The molecule has 0 fully saturated rings. The molecule has 0 heterocycles. The van der Waals surface area contributed by atoms with Gasteiger partial charge < -0.3 is 15.4 Å². The Labute approximate surface area is 170 Å². The second-order valence-corrected chi connectivity index (χ2v) is 6.50. The van der Waals surface area contributed by atoms with Crippen molar-refractivity contribution in [3.63, 3.8) is 0 Å². The lowest BCUT2D eigenvalue weighted by Gasteiger charge is -2.12. The molecule has 3 rings (SSSR count). The van der Waals surface area contributed by atoms with Gasteiger partial charge in [0.2, 0.25) is 0 Å². The van der Waals surface area contributed by atoms with Gasteiger partial charge in [0.1, 0.15) is 0 Å². The predicted molar refractivity (Wildman–Crippen MR) is 114 cm³/mol. The molecule has 2 amide bonds. The summed E-state index contributed by atoms with van der Waals surface area (Å²) in [6.45, 7) is 3.62. The van der Waals surface area contributed by atoms with E-state index in [-0.39, 0.29) is 11.8 Å². The van der Waals surface area contributed by atoms with Gasteiger partial charge >= 0.3 is 0 Å². The Kier molecular flexibility index (Phi) is 7.14. The van der Waals surface area contributed by atoms with E-state index < -0.39 is 0 Å². The Hall–Kier alpha value is -3.44. The number of carbonyl (C=O) groups excluding carboxylic acids is 2. The summed E-state index contributed by atoms with van der Waals surface area (Å²) in [7, 11) is 0. The summed E-state index contributed by atoms with van der Waals surface area (Å²) >= 11 is 0. The third-order valence-corrected chi connectivity index (χ3v) is 4.40. The van der Waals surface area contributed by atoms with Gasteiger partial charge in [-0.05, 0) is 42.3 Å². The van der Waals surface area contributed by atoms with E-state index >= 15 is 0 Å². The van der Waals surface area contributed by atoms with Gasteiger partial charge in [-0.3, -0.25) is 9.59 Å². The molecule has 29 heavy (non-hydrogen) atoms. The Bertz CT molecular complexity index is 953. The molecule has 0 saturated carbocycles. The van der Waals surface area contributed by atoms with Crippen LogP contribution in [0, 0.1) is 0 Å². The Morgan fingerprint density at radius 3 is 2.17 bits per heavy atom. The molecule has 0 bridgehead atoms. The average molecular weight is 388 g/mol. The number of benzene rings is 3. The maximum atomic E-state index is 12.7. The van der Waals surface area contributed by atoms with E-state index in [1.165, 1.54) is 0 Å². The first kappa shape index (κ1) is 20.3. The molecule has 0 aliphatic carbocycles. The van der Waals surface area contributed by atoms with Crippen molar-refractivity contribution in [3.05, 3.63) is 101 Å². The number of para-hydroxylation sites is 1. The van der Waals surface area contributed by atoms with Gasteiger partial charge in [-0.25, -0.2) is 0 Å². The van der Waals surface area contributed by atoms with Gasteiger partial charge in [-0.1, -0.05) is 54.6 Å². The molecule has 3 aromatic rings. The largest absolute Gasteiger partial charge is 0.377 e. The van der Waals surface area contributed by atoms with Crippen molar-refractivity contribution in [2.45, 2.75) is 20.1 Å². The third kappa shape index (κ3) is 5.77. The maximum absolute atomic E-state index is 12.7. The van der Waals surface area contributed by atoms with Crippen LogP contribution in [0.1, 0.15) is 38.8 Å². The zero-order valence-electron chi connectivity index (χ0n) is 16.4. The van der Waals surface area contributed by atoms with Crippen LogP contribution >= 0.6 is 0 Å². The molecule has 0 unspecified atom stereocenters. The summed E-state index contributed by atoms with van der Waals surface area (Å²) in [4.78, 5) is 25.1. The first-order valence-corrected chi connectivity index (χ1v) is 9.56. The van der Waals surface area contributed by atoms with E-state index in [1.807, 2.05) is 37.3 Å². The minimum Gasteiger partial charge on any atom is -0.377 e. The number of nitrogens with one attached hydrogen (secondary N) is 2. The van der Waals surface area contributed by atoms with Gasteiger partial charge in [-0.2, -0.15) is 0 Å². The van der Waals surface area contributed by atoms with E-state index in [9.17, 15) is 9.59 Å². The highest BCUT2D eigenvalue weighted by Gasteiger charge is 2.13. The fraction of sp³-hybridized carbons (Fsp3) is 0.167. The quantitative estimate of drug-likeness (QED) is 0.601. The molecule has 0 aromatic heterocycles. The first-order valence-electron chi connectivity index (χ1n) is 9.56. The van der Waals surface area contributed by atoms with Gasteiger partial charge in [0.25, 0.3) is 11.8 Å². The molecule has 5 heteroatoms. The van der Waals surface area contributed by atoms with Crippen molar-refractivity contribution in [2.75, 3.05) is 11.9 Å². The standard InChI is InChI=1S/C24H24N2O3/c1-2-29-17-19-14-12-18(13-15-19)16-25-24(28)21-10-6-7-11-22(21)26-23(27)20-8-4-3-5-9-20/h3-15H,2,16-17H2,1H3,(H,25,28)(H,26,27). The minimum absolute atomic E-state index is 0.243. The molecule has 0 radical (unpaired) electrons. The first-order chi connectivity index (χ1) is 14.2. The summed E-state index contributed by atoms with van der Waals surface area (Å²) in [5, 5.41) is 5.73. The second-order valence-electron chi connectivity index (χ2n) is 6.50. The van der Waals surface area contributed by atoms with Crippen LogP contribution in [-0.4, -0.2) is 18.4 Å². The van der Waals surface area contributed by atoms with E-state index in [1.54, 1.807) is 48.5 Å². The zero-order valence-corrected chi connectivity index (χ0v) is 16.4. The number of amides is 2. The maximum Gasteiger partial charge on any atom is 0.255 e. The van der Waals surface area contributed by atoms with Crippen LogP contribution in [0.5, 0.6) is 0 Å². The number of hydrogen-bond donors (Lipinski definition) is 2. The summed E-state index contributed by atoms with van der Waals surface area (Å²) < 4.78 is 5.39. The molecule has 0 spiro atoms. The molecule has 0 aliphatic rings. The highest BCUT2D eigenvalue weighted by atomic mass is 16.5. The molecule has 3 aromatic carbocycles. The fourth-order valence-corrected chi connectivity index (χ4v) is 2.82. The van der Waals surface area contributed by atoms with Crippen LogP contribution in [-0.2, 0) is 17.9 Å². The van der Waals surface area contributed by atoms with Gasteiger partial charge in [0, 0.05) is 18.7 Å². The highest BCUT2D eigenvalue weighted by molar-refractivity contribution is 6.08. The molecule has 5 nitrogen and oxygen atoms in total. The summed E-state index contributed by atoms with van der Waals surface area (Å²) in [5.41, 5.74) is 3.52. The number of ether oxygens (including phenoxy) is 1. The molecule has 2 N–H and O–H groups in total. The van der Waals surface area contributed by atoms with Crippen molar-refractivity contribution < 1.29 is 14.3 Å². The molecular weight excluding hydrogens is 364 g/mol. The van der Waals surface area contributed by atoms with E-state index in [0.717, 1.165) is 11.1 Å². The Morgan fingerprint density at radius 1 is 0.793 bits per heavy atom. The van der Waals surface area contributed by atoms with E-state index in [4.69, 9.17) is 4.74 Å². The SMILES string of the molecule is CCOCc1ccc(CNC(=O)c2ccccc2NC(=O)c2ccccc2)cc1. The molecular formula is C24H24N2O3.